The normalized spacial score (nSPS) is 44.2. The Morgan fingerprint density at radius 2 is 2.06 bits per heavy atom. The number of ether oxygens (including phenoxy) is 4. The van der Waals surface area contributed by atoms with Crippen LogP contribution in [0.5, 0.6) is 0 Å². The van der Waals surface area contributed by atoms with Gasteiger partial charge in [0.15, 0.2) is 5.79 Å². The third-order valence-electron chi connectivity index (χ3n) is 8.89. The molecule has 5 rings (SSSR count). The van der Waals surface area contributed by atoms with Crippen LogP contribution >= 0.6 is 0 Å². The number of carbonyl (C=O) groups excluding carboxylic acids is 2. The average Bonchev–Trinajstić information content (AvgIpc) is 3.31. The minimum Gasteiger partial charge on any atom is -0.502 e. The van der Waals surface area contributed by atoms with Gasteiger partial charge in [0.1, 0.15) is 22.9 Å². The molecule has 7 nitrogen and oxygen atoms in total. The Kier molecular flexibility index (Phi) is 5.12. The van der Waals surface area contributed by atoms with E-state index in [0.717, 1.165) is 12.8 Å². The maximum Gasteiger partial charge on any atom is 0.316 e. The third-order valence-corrected chi connectivity index (χ3v) is 8.89. The van der Waals surface area contributed by atoms with Gasteiger partial charge in [-0.1, -0.05) is 18.6 Å². The fraction of sp³-hybridized carbons (Fsp3) is 0.760. The average molecular weight is 447 g/mol. The Hall–Kier alpha value is -1.70. The van der Waals surface area contributed by atoms with Crippen molar-refractivity contribution in [3.8, 4) is 0 Å². The van der Waals surface area contributed by atoms with Crippen molar-refractivity contribution in [3.05, 3.63) is 24.0 Å². The van der Waals surface area contributed by atoms with Gasteiger partial charge in [0.25, 0.3) is 0 Å². The Labute approximate surface area is 189 Å². The lowest BCUT2D eigenvalue weighted by molar-refractivity contribution is -0.197. The smallest absolute Gasteiger partial charge is 0.316 e. The van der Waals surface area contributed by atoms with Crippen molar-refractivity contribution < 1.29 is 33.6 Å². The van der Waals surface area contributed by atoms with Crippen molar-refractivity contribution in [2.75, 3.05) is 19.8 Å². The van der Waals surface area contributed by atoms with Gasteiger partial charge in [-0.3, -0.25) is 9.59 Å². The molecule has 32 heavy (non-hydrogen) atoms. The van der Waals surface area contributed by atoms with E-state index in [2.05, 4.69) is 13.0 Å². The molecule has 2 aliphatic heterocycles. The highest BCUT2D eigenvalue weighted by Gasteiger charge is 2.73. The van der Waals surface area contributed by atoms with Gasteiger partial charge >= 0.3 is 5.97 Å². The highest BCUT2D eigenvalue weighted by Crippen LogP contribution is 2.67. The molecule has 7 heteroatoms. The number of hydrogen-bond acceptors (Lipinski definition) is 7. The number of fused-ring (bicyclic) bond motifs is 6. The number of ketones is 1. The molecule has 5 aliphatic rings. The summed E-state index contributed by atoms with van der Waals surface area (Å²) in [5.74, 6) is -1.43. The summed E-state index contributed by atoms with van der Waals surface area (Å²) < 4.78 is 23.4. The molecule has 0 unspecified atom stereocenters. The summed E-state index contributed by atoms with van der Waals surface area (Å²) in [4.78, 5) is 25.5. The molecule has 2 saturated heterocycles. The number of allylic oxidation sites excluding steroid dienone is 1. The third kappa shape index (κ3) is 2.90. The molecule has 0 amide bonds. The monoisotopic (exact) mass is 446 g/mol. The summed E-state index contributed by atoms with van der Waals surface area (Å²) in [7, 11) is 0. The Morgan fingerprint density at radius 1 is 1.31 bits per heavy atom. The van der Waals surface area contributed by atoms with Crippen LogP contribution in [-0.4, -0.2) is 54.2 Å². The van der Waals surface area contributed by atoms with Gasteiger partial charge in [-0.15, -0.1) is 0 Å². The molecule has 0 aromatic rings. The molecular formula is C25H34O7. The van der Waals surface area contributed by atoms with Crippen molar-refractivity contribution in [1.82, 2.24) is 0 Å². The molecule has 1 N–H and O–H groups in total. The number of carbonyl (C=O) groups is 2. The van der Waals surface area contributed by atoms with E-state index in [0.29, 0.717) is 39.1 Å². The Morgan fingerprint density at radius 3 is 2.75 bits per heavy atom. The zero-order chi connectivity index (χ0) is 22.8. The topological polar surface area (TPSA) is 91.3 Å². The van der Waals surface area contributed by atoms with Crippen LogP contribution in [-0.2, 0) is 28.5 Å². The lowest BCUT2D eigenvalue weighted by atomic mass is 9.45. The molecule has 0 aromatic heterocycles. The Balaban J connectivity index is 1.58. The molecule has 176 valence electrons. The fourth-order valence-electron chi connectivity index (χ4n) is 7.45. The maximum absolute atomic E-state index is 13.3. The SMILES string of the molecule is CCO/C=C/[C@]1(O)[C@@H]2CC=C3CC4(CC[C@@]3(C)[C@H]2[C@H]2C[C@@]1(CC(C)=O)C(=O)O2)OCCO4. The first-order valence-corrected chi connectivity index (χ1v) is 11.9. The second-order valence-electron chi connectivity index (χ2n) is 10.5. The van der Waals surface area contributed by atoms with Crippen LogP contribution in [0.4, 0.5) is 0 Å². The minimum absolute atomic E-state index is 0.0312. The highest BCUT2D eigenvalue weighted by atomic mass is 16.7. The van der Waals surface area contributed by atoms with Gasteiger partial charge in [0, 0.05) is 37.5 Å². The van der Waals surface area contributed by atoms with Gasteiger partial charge in [-0.05, 0) is 38.2 Å². The van der Waals surface area contributed by atoms with E-state index in [1.165, 1.54) is 18.8 Å². The standard InChI is InChI=1S/C25H34O7/c1-4-29-10-9-25(28)18-6-5-17-14-24(30-11-12-31-24)8-7-22(17,3)20(18)19-15-23(25,13-16(2)26)21(27)32-19/h5,9-10,18-20,28H,4,6-8,11-15H2,1-3H3/b10-9+/t18-,19-,20-,22-,23+,25+/m1/s1. The van der Waals surface area contributed by atoms with Crippen LogP contribution in [0.25, 0.3) is 0 Å². The number of aliphatic hydroxyl groups is 1. The zero-order valence-corrected chi connectivity index (χ0v) is 19.2. The molecule has 4 fully saturated rings. The fourth-order valence-corrected chi connectivity index (χ4v) is 7.45. The van der Waals surface area contributed by atoms with Gasteiger partial charge in [0.05, 0.1) is 26.1 Å². The van der Waals surface area contributed by atoms with Crippen molar-refractivity contribution in [1.29, 1.82) is 0 Å². The number of rotatable bonds is 5. The second-order valence-corrected chi connectivity index (χ2v) is 10.5. The van der Waals surface area contributed by atoms with Crippen LogP contribution in [0.3, 0.4) is 0 Å². The largest absolute Gasteiger partial charge is 0.502 e. The van der Waals surface area contributed by atoms with Gasteiger partial charge in [-0.2, -0.15) is 0 Å². The molecule has 0 radical (unpaired) electrons. The number of esters is 1. The predicted octanol–water partition coefficient (Wildman–Crippen LogP) is 3.06. The summed E-state index contributed by atoms with van der Waals surface area (Å²) in [6.45, 7) is 7.25. The molecule has 3 aliphatic carbocycles. The lowest BCUT2D eigenvalue weighted by Gasteiger charge is -2.59. The maximum atomic E-state index is 13.3. The first kappa shape index (κ1) is 22.1. The number of hydrogen-bond donors (Lipinski definition) is 1. The van der Waals surface area contributed by atoms with Gasteiger partial charge in [0.2, 0.25) is 0 Å². The molecule has 2 heterocycles. The zero-order valence-electron chi connectivity index (χ0n) is 19.2. The van der Waals surface area contributed by atoms with Gasteiger partial charge in [-0.25, -0.2) is 0 Å². The molecule has 6 atom stereocenters. The van der Waals surface area contributed by atoms with E-state index in [4.69, 9.17) is 18.9 Å². The van der Waals surface area contributed by atoms with Crippen molar-refractivity contribution in [3.63, 3.8) is 0 Å². The predicted molar refractivity (Wildman–Crippen MR) is 114 cm³/mol. The van der Waals surface area contributed by atoms with E-state index in [-0.39, 0.29) is 35.6 Å². The first-order chi connectivity index (χ1) is 15.2. The quantitative estimate of drug-likeness (QED) is 0.394. The van der Waals surface area contributed by atoms with Crippen LogP contribution in [0, 0.1) is 22.7 Å². The van der Waals surface area contributed by atoms with Crippen molar-refractivity contribution in [2.24, 2.45) is 22.7 Å². The van der Waals surface area contributed by atoms with Crippen LogP contribution in [0.15, 0.2) is 24.0 Å². The van der Waals surface area contributed by atoms with Crippen molar-refractivity contribution >= 4 is 11.8 Å². The molecule has 2 saturated carbocycles. The molecule has 0 aromatic carbocycles. The Bertz CT molecular complexity index is 872. The summed E-state index contributed by atoms with van der Waals surface area (Å²) in [6.07, 6.45) is 8.24. The summed E-state index contributed by atoms with van der Waals surface area (Å²) in [5, 5.41) is 12.3. The highest BCUT2D eigenvalue weighted by molar-refractivity contribution is 5.89. The van der Waals surface area contributed by atoms with Crippen LogP contribution < -0.4 is 0 Å². The summed E-state index contributed by atoms with van der Waals surface area (Å²) in [6, 6.07) is 0. The minimum atomic E-state index is -1.52. The van der Waals surface area contributed by atoms with E-state index < -0.39 is 22.8 Å². The van der Waals surface area contributed by atoms with Crippen molar-refractivity contribution in [2.45, 2.75) is 76.8 Å². The van der Waals surface area contributed by atoms with Crippen LogP contribution in [0.1, 0.15) is 59.3 Å². The first-order valence-electron chi connectivity index (χ1n) is 11.9. The summed E-state index contributed by atoms with van der Waals surface area (Å²) in [5.41, 5.74) is -1.77. The molecular weight excluding hydrogens is 412 g/mol. The van der Waals surface area contributed by atoms with Crippen LogP contribution in [0.2, 0.25) is 0 Å². The lowest BCUT2D eigenvalue weighted by Crippen LogP contribution is -2.64. The molecule has 1 spiro atoms. The second kappa shape index (κ2) is 7.40. The van der Waals surface area contributed by atoms with E-state index >= 15 is 0 Å². The van der Waals surface area contributed by atoms with Gasteiger partial charge < -0.3 is 24.1 Å². The molecule has 2 bridgehead atoms. The van der Waals surface area contributed by atoms with E-state index in [9.17, 15) is 14.7 Å². The van der Waals surface area contributed by atoms with E-state index in [1.54, 1.807) is 6.08 Å². The summed E-state index contributed by atoms with van der Waals surface area (Å²) >= 11 is 0. The number of Topliss-reactive ketones (excluding diaryl/α,β-unsaturated/α-hetero) is 1. The van der Waals surface area contributed by atoms with E-state index in [1.807, 2.05) is 6.92 Å².